The van der Waals surface area contributed by atoms with Crippen LogP contribution in [0.4, 0.5) is 0 Å². The molecule has 0 aromatic carbocycles. The van der Waals surface area contributed by atoms with Gasteiger partial charge in [0.1, 0.15) is 0 Å². The van der Waals surface area contributed by atoms with Gasteiger partial charge in [-0.1, -0.05) is 19.9 Å². The highest BCUT2D eigenvalue weighted by Gasteiger charge is 2.36. The van der Waals surface area contributed by atoms with Crippen LogP contribution in [-0.2, 0) is 10.2 Å². The number of aromatic nitrogens is 1. The second-order valence-corrected chi connectivity index (χ2v) is 4.22. The number of carboxylic acid groups (broad SMARTS) is 1. The van der Waals surface area contributed by atoms with Gasteiger partial charge in [0.15, 0.2) is 0 Å². The van der Waals surface area contributed by atoms with E-state index in [1.807, 2.05) is 32.0 Å². The molecule has 1 aromatic rings. The van der Waals surface area contributed by atoms with Crippen molar-refractivity contribution in [2.24, 2.45) is 5.73 Å². The first-order valence-electron chi connectivity index (χ1n) is 5.39. The van der Waals surface area contributed by atoms with E-state index in [4.69, 9.17) is 10.8 Å². The van der Waals surface area contributed by atoms with E-state index in [0.717, 1.165) is 12.1 Å². The molecule has 0 amide bonds. The zero-order chi connectivity index (χ0) is 12.2. The molecule has 1 heterocycles. The van der Waals surface area contributed by atoms with Gasteiger partial charge in [-0.15, -0.1) is 0 Å². The average molecular weight is 222 g/mol. The van der Waals surface area contributed by atoms with Crippen molar-refractivity contribution in [3.63, 3.8) is 0 Å². The Balaban J connectivity index is 3.09. The van der Waals surface area contributed by atoms with Crippen LogP contribution in [0, 0.1) is 0 Å². The molecule has 3 N–H and O–H groups in total. The van der Waals surface area contributed by atoms with Crippen LogP contribution in [0.3, 0.4) is 0 Å². The largest absolute Gasteiger partial charge is 0.481 e. The van der Waals surface area contributed by atoms with E-state index in [1.54, 1.807) is 6.20 Å². The molecule has 2 unspecified atom stereocenters. The lowest BCUT2D eigenvalue weighted by Gasteiger charge is -2.33. The van der Waals surface area contributed by atoms with Crippen molar-refractivity contribution in [1.82, 2.24) is 4.98 Å². The Labute approximate surface area is 95.5 Å². The normalized spacial score (nSPS) is 16.4. The van der Waals surface area contributed by atoms with E-state index >= 15 is 0 Å². The summed E-state index contributed by atoms with van der Waals surface area (Å²) in [4.78, 5) is 15.2. The minimum Gasteiger partial charge on any atom is -0.481 e. The molecule has 0 saturated heterocycles. The van der Waals surface area contributed by atoms with Crippen molar-refractivity contribution >= 4 is 5.97 Å². The number of nitrogens with two attached hydrogens (primary N) is 1. The standard InChI is InChI=1S/C12H18N2O2/c1-3-9(13)12(2,8-11(15)16)10-6-4-5-7-14-10/h4-7,9H,3,8,13H2,1-2H3,(H,15,16). The predicted octanol–water partition coefficient (Wildman–Crippen LogP) is 1.55. The maximum Gasteiger partial charge on any atom is 0.304 e. The number of carboxylic acids is 1. The molecule has 1 rings (SSSR count). The molecule has 4 heteroatoms. The number of rotatable bonds is 5. The van der Waals surface area contributed by atoms with E-state index in [2.05, 4.69) is 4.98 Å². The first-order chi connectivity index (χ1) is 7.50. The molecule has 0 fully saturated rings. The molecule has 0 bridgehead atoms. The quantitative estimate of drug-likeness (QED) is 0.792. The Morgan fingerprint density at radius 3 is 2.75 bits per heavy atom. The van der Waals surface area contributed by atoms with Crippen molar-refractivity contribution < 1.29 is 9.90 Å². The Morgan fingerprint density at radius 1 is 1.62 bits per heavy atom. The van der Waals surface area contributed by atoms with Crippen LogP contribution in [0.15, 0.2) is 24.4 Å². The van der Waals surface area contributed by atoms with Crippen LogP contribution in [0.5, 0.6) is 0 Å². The van der Waals surface area contributed by atoms with Gasteiger partial charge in [-0.3, -0.25) is 9.78 Å². The SMILES string of the molecule is CCC(N)C(C)(CC(=O)O)c1ccccn1. The Bertz CT molecular complexity index is 353. The van der Waals surface area contributed by atoms with Crippen LogP contribution in [-0.4, -0.2) is 22.1 Å². The molecular weight excluding hydrogens is 204 g/mol. The second-order valence-electron chi connectivity index (χ2n) is 4.22. The number of carbonyl (C=O) groups is 1. The lowest BCUT2D eigenvalue weighted by molar-refractivity contribution is -0.138. The van der Waals surface area contributed by atoms with Crippen molar-refractivity contribution in [1.29, 1.82) is 0 Å². The summed E-state index contributed by atoms with van der Waals surface area (Å²) in [5.41, 5.74) is 6.16. The Kier molecular flexibility index (Phi) is 4.01. The molecule has 0 aliphatic rings. The highest BCUT2D eigenvalue weighted by molar-refractivity contribution is 5.69. The highest BCUT2D eigenvalue weighted by Crippen LogP contribution is 2.30. The summed E-state index contributed by atoms with van der Waals surface area (Å²) in [6.45, 7) is 3.81. The Hall–Kier alpha value is -1.42. The van der Waals surface area contributed by atoms with Gasteiger partial charge in [0.2, 0.25) is 0 Å². The summed E-state index contributed by atoms with van der Waals surface area (Å²) in [7, 11) is 0. The molecule has 1 aromatic heterocycles. The van der Waals surface area contributed by atoms with Gasteiger partial charge < -0.3 is 10.8 Å². The molecule has 88 valence electrons. The minimum absolute atomic E-state index is 0.000972. The maximum atomic E-state index is 10.9. The third-order valence-corrected chi connectivity index (χ3v) is 3.03. The summed E-state index contributed by atoms with van der Waals surface area (Å²) in [6, 6.07) is 5.28. The predicted molar refractivity (Wildman–Crippen MR) is 62.1 cm³/mol. The lowest BCUT2D eigenvalue weighted by Crippen LogP contribution is -2.44. The molecular formula is C12H18N2O2. The van der Waals surface area contributed by atoms with Crippen molar-refractivity contribution in [3.05, 3.63) is 30.1 Å². The molecule has 0 spiro atoms. The lowest BCUT2D eigenvalue weighted by atomic mass is 9.75. The average Bonchev–Trinajstić information content (AvgIpc) is 2.28. The van der Waals surface area contributed by atoms with E-state index in [-0.39, 0.29) is 12.5 Å². The van der Waals surface area contributed by atoms with Gasteiger partial charge in [0, 0.05) is 23.3 Å². The van der Waals surface area contributed by atoms with Gasteiger partial charge in [0.25, 0.3) is 0 Å². The van der Waals surface area contributed by atoms with Crippen LogP contribution < -0.4 is 5.73 Å². The maximum absolute atomic E-state index is 10.9. The van der Waals surface area contributed by atoms with Crippen LogP contribution in [0.25, 0.3) is 0 Å². The summed E-state index contributed by atoms with van der Waals surface area (Å²) < 4.78 is 0. The zero-order valence-electron chi connectivity index (χ0n) is 9.68. The number of aliphatic carboxylic acids is 1. The van der Waals surface area contributed by atoms with E-state index in [1.165, 1.54) is 0 Å². The monoisotopic (exact) mass is 222 g/mol. The van der Waals surface area contributed by atoms with Crippen LogP contribution in [0.1, 0.15) is 32.4 Å². The number of pyridine rings is 1. The van der Waals surface area contributed by atoms with Crippen molar-refractivity contribution in [2.45, 2.75) is 38.1 Å². The summed E-state index contributed by atoms with van der Waals surface area (Å²) >= 11 is 0. The molecule has 0 saturated carbocycles. The first kappa shape index (κ1) is 12.6. The van der Waals surface area contributed by atoms with Crippen LogP contribution in [0.2, 0.25) is 0 Å². The Morgan fingerprint density at radius 2 is 2.31 bits per heavy atom. The number of hydrogen-bond acceptors (Lipinski definition) is 3. The molecule has 2 atom stereocenters. The van der Waals surface area contributed by atoms with E-state index < -0.39 is 11.4 Å². The minimum atomic E-state index is -0.850. The number of nitrogens with zero attached hydrogens (tertiary/aromatic N) is 1. The topological polar surface area (TPSA) is 76.2 Å². The molecule has 0 radical (unpaired) electrons. The summed E-state index contributed by atoms with van der Waals surface area (Å²) in [6.07, 6.45) is 2.39. The van der Waals surface area contributed by atoms with E-state index in [9.17, 15) is 4.79 Å². The first-order valence-corrected chi connectivity index (χ1v) is 5.39. The fourth-order valence-corrected chi connectivity index (χ4v) is 1.88. The van der Waals surface area contributed by atoms with Gasteiger partial charge in [-0.05, 0) is 18.6 Å². The zero-order valence-corrected chi connectivity index (χ0v) is 9.68. The third kappa shape index (κ3) is 2.58. The van der Waals surface area contributed by atoms with Crippen LogP contribution >= 0.6 is 0 Å². The molecule has 0 aliphatic carbocycles. The fraction of sp³-hybridized carbons (Fsp3) is 0.500. The van der Waals surface area contributed by atoms with Gasteiger partial charge >= 0.3 is 5.97 Å². The molecule has 4 nitrogen and oxygen atoms in total. The smallest absolute Gasteiger partial charge is 0.304 e. The molecule has 16 heavy (non-hydrogen) atoms. The summed E-state index contributed by atoms with van der Waals surface area (Å²) in [5, 5.41) is 8.97. The second kappa shape index (κ2) is 5.07. The highest BCUT2D eigenvalue weighted by atomic mass is 16.4. The molecule has 0 aliphatic heterocycles. The fourth-order valence-electron chi connectivity index (χ4n) is 1.88. The van der Waals surface area contributed by atoms with Crippen molar-refractivity contribution in [3.8, 4) is 0 Å². The van der Waals surface area contributed by atoms with Gasteiger partial charge in [-0.25, -0.2) is 0 Å². The third-order valence-electron chi connectivity index (χ3n) is 3.03. The van der Waals surface area contributed by atoms with Crippen molar-refractivity contribution in [2.75, 3.05) is 0 Å². The van der Waals surface area contributed by atoms with Gasteiger partial charge in [-0.2, -0.15) is 0 Å². The summed E-state index contributed by atoms with van der Waals surface area (Å²) in [5.74, 6) is -0.850. The van der Waals surface area contributed by atoms with Gasteiger partial charge in [0.05, 0.1) is 6.42 Å². The number of hydrogen-bond donors (Lipinski definition) is 2. The van der Waals surface area contributed by atoms with E-state index in [0.29, 0.717) is 0 Å².